The van der Waals surface area contributed by atoms with Gasteiger partial charge in [-0.05, 0) is 30.9 Å². The molecule has 1 aliphatic rings. The molecule has 21 heavy (non-hydrogen) atoms. The number of alkyl halides is 6. The van der Waals surface area contributed by atoms with Crippen molar-refractivity contribution in [2.45, 2.75) is 30.7 Å². The molecule has 1 aromatic carbocycles. The van der Waals surface area contributed by atoms with Crippen LogP contribution in [-0.4, -0.2) is 25.4 Å². The van der Waals surface area contributed by atoms with Crippen LogP contribution >= 0.6 is 0 Å². The van der Waals surface area contributed by atoms with Crippen LogP contribution in [0, 0.1) is 11.8 Å². The summed E-state index contributed by atoms with van der Waals surface area (Å²) in [7, 11) is 1.15. The Kier molecular flexibility index (Phi) is 4.24. The highest BCUT2D eigenvalue weighted by molar-refractivity contribution is 5.27. The Morgan fingerprint density at radius 3 is 1.95 bits per heavy atom. The first-order valence-corrected chi connectivity index (χ1v) is 6.52. The molecule has 0 radical (unpaired) electrons. The van der Waals surface area contributed by atoms with E-state index in [1.54, 1.807) is 30.3 Å². The summed E-state index contributed by atoms with van der Waals surface area (Å²) >= 11 is 0. The zero-order valence-electron chi connectivity index (χ0n) is 11.2. The molecule has 0 aromatic heterocycles. The SMILES string of the molecule is CNC(C1CC1c1ccccc1)C(C(F)(F)F)C(F)(F)F. The Morgan fingerprint density at radius 1 is 1.00 bits per heavy atom. The van der Waals surface area contributed by atoms with E-state index in [0.717, 1.165) is 12.6 Å². The second-order valence-corrected chi connectivity index (χ2v) is 5.29. The molecular formula is C14H15F6N. The van der Waals surface area contributed by atoms with Crippen molar-refractivity contribution >= 4 is 0 Å². The fourth-order valence-corrected chi connectivity index (χ4v) is 2.92. The third-order valence-electron chi connectivity index (χ3n) is 3.93. The number of rotatable bonds is 4. The van der Waals surface area contributed by atoms with Crippen LogP contribution in [0.1, 0.15) is 17.9 Å². The van der Waals surface area contributed by atoms with Crippen molar-refractivity contribution in [3.63, 3.8) is 0 Å². The van der Waals surface area contributed by atoms with Gasteiger partial charge in [0.2, 0.25) is 0 Å². The van der Waals surface area contributed by atoms with Gasteiger partial charge in [-0.1, -0.05) is 30.3 Å². The highest BCUT2D eigenvalue weighted by atomic mass is 19.4. The molecule has 1 N–H and O–H groups in total. The van der Waals surface area contributed by atoms with E-state index in [9.17, 15) is 26.3 Å². The Morgan fingerprint density at radius 2 is 1.52 bits per heavy atom. The lowest BCUT2D eigenvalue weighted by Crippen LogP contribution is -2.51. The third kappa shape index (κ3) is 3.51. The van der Waals surface area contributed by atoms with Gasteiger partial charge >= 0.3 is 12.4 Å². The van der Waals surface area contributed by atoms with Crippen molar-refractivity contribution in [2.75, 3.05) is 7.05 Å². The Balaban J connectivity index is 2.20. The minimum absolute atomic E-state index is 0.254. The highest BCUT2D eigenvalue weighted by Crippen LogP contribution is 2.55. The highest BCUT2D eigenvalue weighted by Gasteiger charge is 2.64. The number of benzene rings is 1. The molecule has 1 aliphatic carbocycles. The molecule has 0 saturated heterocycles. The zero-order valence-corrected chi connectivity index (χ0v) is 11.2. The average Bonchev–Trinajstić information content (AvgIpc) is 3.13. The van der Waals surface area contributed by atoms with Crippen molar-refractivity contribution < 1.29 is 26.3 Å². The summed E-state index contributed by atoms with van der Waals surface area (Å²) in [6, 6.07) is 7.01. The van der Waals surface area contributed by atoms with E-state index in [2.05, 4.69) is 5.32 Å². The quantitative estimate of drug-likeness (QED) is 0.825. The van der Waals surface area contributed by atoms with Gasteiger partial charge in [-0.2, -0.15) is 26.3 Å². The molecule has 0 spiro atoms. The maximum Gasteiger partial charge on any atom is 0.402 e. The van der Waals surface area contributed by atoms with E-state index in [1.807, 2.05) is 0 Å². The van der Waals surface area contributed by atoms with Crippen molar-refractivity contribution in [1.82, 2.24) is 5.32 Å². The molecule has 3 atom stereocenters. The van der Waals surface area contributed by atoms with Gasteiger partial charge in [-0.25, -0.2) is 0 Å². The van der Waals surface area contributed by atoms with Crippen LogP contribution < -0.4 is 5.32 Å². The zero-order chi connectivity index (χ0) is 15.8. The predicted molar refractivity (Wildman–Crippen MR) is 65.7 cm³/mol. The van der Waals surface area contributed by atoms with Crippen LogP contribution in [0.15, 0.2) is 30.3 Å². The van der Waals surface area contributed by atoms with Gasteiger partial charge in [0.05, 0.1) is 0 Å². The summed E-state index contributed by atoms with van der Waals surface area (Å²) in [6.07, 6.45) is -10.3. The molecule has 7 heteroatoms. The van der Waals surface area contributed by atoms with Crippen molar-refractivity contribution in [3.05, 3.63) is 35.9 Å². The lowest BCUT2D eigenvalue weighted by atomic mass is 9.92. The van der Waals surface area contributed by atoms with Crippen LogP contribution in [0.4, 0.5) is 26.3 Å². The predicted octanol–water partition coefficient (Wildman–Crippen LogP) is 4.12. The van der Waals surface area contributed by atoms with E-state index < -0.39 is 30.2 Å². The van der Waals surface area contributed by atoms with Gasteiger partial charge < -0.3 is 5.32 Å². The minimum atomic E-state index is -5.31. The second-order valence-electron chi connectivity index (χ2n) is 5.29. The normalized spacial score (nSPS) is 24.2. The molecule has 0 amide bonds. The molecular weight excluding hydrogens is 296 g/mol. The Labute approximate surface area is 118 Å². The summed E-state index contributed by atoms with van der Waals surface area (Å²) in [4.78, 5) is 0. The molecule has 1 fully saturated rings. The largest absolute Gasteiger partial charge is 0.402 e. The minimum Gasteiger partial charge on any atom is -0.316 e. The maximum atomic E-state index is 12.8. The van der Waals surface area contributed by atoms with E-state index in [4.69, 9.17) is 0 Å². The number of nitrogens with one attached hydrogen (secondary N) is 1. The smallest absolute Gasteiger partial charge is 0.316 e. The number of halogens is 6. The topological polar surface area (TPSA) is 12.0 Å². The molecule has 1 nitrogen and oxygen atoms in total. The monoisotopic (exact) mass is 311 g/mol. The van der Waals surface area contributed by atoms with Crippen LogP contribution in [0.2, 0.25) is 0 Å². The van der Waals surface area contributed by atoms with Gasteiger partial charge in [0.25, 0.3) is 0 Å². The van der Waals surface area contributed by atoms with Crippen LogP contribution in [0.3, 0.4) is 0 Å². The molecule has 0 heterocycles. The Hall–Kier alpha value is -1.24. The van der Waals surface area contributed by atoms with Crippen LogP contribution in [-0.2, 0) is 0 Å². The van der Waals surface area contributed by atoms with E-state index >= 15 is 0 Å². The summed E-state index contributed by atoms with van der Waals surface area (Å²) in [5.41, 5.74) is 0.783. The van der Waals surface area contributed by atoms with E-state index in [1.165, 1.54) is 0 Å². The van der Waals surface area contributed by atoms with Gasteiger partial charge in [-0.15, -0.1) is 0 Å². The van der Waals surface area contributed by atoms with E-state index in [-0.39, 0.29) is 5.92 Å². The summed E-state index contributed by atoms with van der Waals surface area (Å²) < 4.78 is 76.9. The average molecular weight is 311 g/mol. The van der Waals surface area contributed by atoms with Crippen molar-refractivity contribution in [2.24, 2.45) is 11.8 Å². The molecule has 118 valence electrons. The Bertz CT molecular complexity index is 453. The number of hydrogen-bond acceptors (Lipinski definition) is 1. The van der Waals surface area contributed by atoms with Gasteiger partial charge in [0, 0.05) is 6.04 Å². The van der Waals surface area contributed by atoms with Gasteiger partial charge in [0.15, 0.2) is 5.92 Å². The van der Waals surface area contributed by atoms with Gasteiger partial charge in [-0.3, -0.25) is 0 Å². The van der Waals surface area contributed by atoms with Crippen LogP contribution in [0.5, 0.6) is 0 Å². The lowest BCUT2D eigenvalue weighted by molar-refractivity contribution is -0.293. The van der Waals surface area contributed by atoms with Crippen molar-refractivity contribution in [3.8, 4) is 0 Å². The summed E-state index contributed by atoms with van der Waals surface area (Å²) in [6.45, 7) is 0. The van der Waals surface area contributed by atoms with Gasteiger partial charge in [0.1, 0.15) is 0 Å². The maximum absolute atomic E-state index is 12.8. The first-order chi connectivity index (χ1) is 9.66. The summed E-state index contributed by atoms with van der Waals surface area (Å²) in [5, 5.41) is 2.24. The number of hydrogen-bond donors (Lipinski definition) is 1. The first kappa shape index (κ1) is 16.1. The fourth-order valence-electron chi connectivity index (χ4n) is 2.92. The molecule has 2 rings (SSSR count). The van der Waals surface area contributed by atoms with Crippen molar-refractivity contribution in [1.29, 1.82) is 0 Å². The van der Waals surface area contributed by atoms with Crippen LogP contribution in [0.25, 0.3) is 0 Å². The standard InChI is InChI=1S/C14H15F6N/c1-21-11(12(13(15,16)17)14(18,19)20)10-7-9(10)8-5-3-2-4-6-8/h2-6,9-12,21H,7H2,1H3. The second kappa shape index (κ2) is 5.51. The van der Waals surface area contributed by atoms with E-state index in [0.29, 0.717) is 6.42 Å². The molecule has 1 aromatic rings. The first-order valence-electron chi connectivity index (χ1n) is 6.52. The third-order valence-corrected chi connectivity index (χ3v) is 3.93. The molecule has 0 bridgehead atoms. The fraction of sp³-hybridized carbons (Fsp3) is 0.571. The summed E-state index contributed by atoms with van der Waals surface area (Å²) in [5.74, 6) is -4.25. The molecule has 1 saturated carbocycles. The molecule has 3 unspecified atom stereocenters. The molecule has 0 aliphatic heterocycles. The lowest BCUT2D eigenvalue weighted by Gasteiger charge is -2.31.